The summed E-state index contributed by atoms with van der Waals surface area (Å²) >= 11 is 0. The van der Waals surface area contributed by atoms with Crippen LogP contribution in [0.1, 0.15) is 64.6 Å². The average molecular weight is 333 g/mol. The number of hydrogen-bond donors (Lipinski definition) is 3. The van der Waals surface area contributed by atoms with Crippen LogP contribution >= 0.6 is 0 Å². The van der Waals surface area contributed by atoms with Crippen LogP contribution in [0, 0.1) is 5.92 Å². The fourth-order valence-electron chi connectivity index (χ4n) is 2.50. The van der Waals surface area contributed by atoms with E-state index >= 15 is 0 Å². The SMILES string of the molecule is CC(C)NC(=O)NC(=O)CN[C@H](c1ccc(C(C)C)cc1)C(C)C. The molecule has 0 aliphatic rings. The summed E-state index contributed by atoms with van der Waals surface area (Å²) in [4.78, 5) is 23.4. The maximum Gasteiger partial charge on any atom is 0.321 e. The second-order valence-corrected chi connectivity index (χ2v) is 7.10. The van der Waals surface area contributed by atoms with Crippen molar-refractivity contribution < 1.29 is 9.59 Å². The van der Waals surface area contributed by atoms with Gasteiger partial charge in [0.25, 0.3) is 0 Å². The molecule has 134 valence electrons. The summed E-state index contributed by atoms with van der Waals surface area (Å²) in [5, 5.41) is 8.21. The van der Waals surface area contributed by atoms with Gasteiger partial charge in [-0.3, -0.25) is 10.1 Å². The van der Waals surface area contributed by atoms with Crippen molar-refractivity contribution in [2.45, 2.75) is 59.5 Å². The summed E-state index contributed by atoms with van der Waals surface area (Å²) in [5.74, 6) is 0.486. The Bertz CT molecular complexity index is 536. The monoisotopic (exact) mass is 333 g/mol. The van der Waals surface area contributed by atoms with Gasteiger partial charge in [-0.15, -0.1) is 0 Å². The van der Waals surface area contributed by atoms with Crippen LogP contribution in [0.4, 0.5) is 4.79 Å². The number of hydrogen-bond acceptors (Lipinski definition) is 3. The molecular weight excluding hydrogens is 302 g/mol. The van der Waals surface area contributed by atoms with Crippen molar-refractivity contribution in [1.82, 2.24) is 16.0 Å². The second kappa shape index (κ2) is 9.42. The molecule has 0 saturated heterocycles. The number of carbonyl (C=O) groups excluding carboxylic acids is 2. The Hall–Kier alpha value is -1.88. The summed E-state index contributed by atoms with van der Waals surface area (Å²) in [6.45, 7) is 12.3. The first kappa shape index (κ1) is 20.2. The molecule has 0 bridgehead atoms. The number of amides is 3. The summed E-state index contributed by atoms with van der Waals surface area (Å²) in [6, 6.07) is 8.07. The van der Waals surface area contributed by atoms with E-state index < -0.39 is 6.03 Å². The molecule has 0 spiro atoms. The molecule has 0 fully saturated rings. The minimum Gasteiger partial charge on any atom is -0.336 e. The second-order valence-electron chi connectivity index (χ2n) is 7.10. The third-order valence-electron chi connectivity index (χ3n) is 3.78. The molecule has 0 saturated carbocycles. The molecule has 1 aromatic rings. The molecule has 1 atom stereocenters. The lowest BCUT2D eigenvalue weighted by molar-refractivity contribution is -0.119. The molecule has 3 amide bonds. The highest BCUT2D eigenvalue weighted by atomic mass is 16.2. The van der Waals surface area contributed by atoms with Gasteiger partial charge in [-0.1, -0.05) is 52.0 Å². The van der Waals surface area contributed by atoms with Gasteiger partial charge in [0, 0.05) is 12.1 Å². The Morgan fingerprint density at radius 3 is 1.92 bits per heavy atom. The molecule has 3 N–H and O–H groups in total. The minimum absolute atomic E-state index is 0.00589. The smallest absolute Gasteiger partial charge is 0.321 e. The molecule has 24 heavy (non-hydrogen) atoms. The van der Waals surface area contributed by atoms with Crippen LogP contribution in [-0.4, -0.2) is 24.5 Å². The number of urea groups is 1. The van der Waals surface area contributed by atoms with E-state index in [0.717, 1.165) is 5.56 Å². The molecule has 0 heterocycles. The summed E-state index contributed by atoms with van der Waals surface area (Å²) in [5.41, 5.74) is 2.44. The zero-order chi connectivity index (χ0) is 18.3. The van der Waals surface area contributed by atoms with E-state index in [1.807, 2.05) is 13.8 Å². The number of carbonyl (C=O) groups is 2. The van der Waals surface area contributed by atoms with Gasteiger partial charge in [-0.05, 0) is 36.8 Å². The Balaban J connectivity index is 2.63. The molecule has 5 nitrogen and oxygen atoms in total. The highest BCUT2D eigenvalue weighted by Crippen LogP contribution is 2.23. The average Bonchev–Trinajstić information content (AvgIpc) is 2.46. The van der Waals surface area contributed by atoms with Crippen LogP contribution in [-0.2, 0) is 4.79 Å². The molecule has 1 rings (SSSR count). The molecule has 0 aliphatic heterocycles. The highest BCUT2D eigenvalue weighted by Gasteiger charge is 2.17. The molecule has 0 aliphatic carbocycles. The number of benzene rings is 1. The van der Waals surface area contributed by atoms with Crippen LogP contribution in [0.25, 0.3) is 0 Å². The van der Waals surface area contributed by atoms with Crippen molar-refractivity contribution in [1.29, 1.82) is 0 Å². The Morgan fingerprint density at radius 1 is 0.917 bits per heavy atom. The first-order valence-electron chi connectivity index (χ1n) is 8.64. The summed E-state index contributed by atoms with van der Waals surface area (Å²) < 4.78 is 0. The van der Waals surface area contributed by atoms with Gasteiger partial charge in [0.05, 0.1) is 6.54 Å². The van der Waals surface area contributed by atoms with Gasteiger partial charge in [0.15, 0.2) is 0 Å². The minimum atomic E-state index is -0.459. The number of imide groups is 1. The quantitative estimate of drug-likeness (QED) is 0.717. The molecule has 5 heteroatoms. The number of nitrogens with one attached hydrogen (secondary N) is 3. The van der Waals surface area contributed by atoms with Crippen molar-refractivity contribution in [3.05, 3.63) is 35.4 Å². The van der Waals surface area contributed by atoms with Crippen molar-refractivity contribution in [2.24, 2.45) is 5.92 Å². The lowest BCUT2D eigenvalue weighted by Crippen LogP contribution is -2.46. The van der Waals surface area contributed by atoms with Crippen LogP contribution in [0.3, 0.4) is 0 Å². The zero-order valence-electron chi connectivity index (χ0n) is 15.6. The van der Waals surface area contributed by atoms with E-state index in [1.54, 1.807) is 0 Å². The molecule has 1 aromatic carbocycles. The third-order valence-corrected chi connectivity index (χ3v) is 3.78. The highest BCUT2D eigenvalue weighted by molar-refractivity contribution is 5.95. The van der Waals surface area contributed by atoms with Crippen molar-refractivity contribution in [2.75, 3.05) is 6.54 Å². The lowest BCUT2D eigenvalue weighted by atomic mass is 9.93. The van der Waals surface area contributed by atoms with Crippen LogP contribution in [0.5, 0.6) is 0 Å². The first-order valence-corrected chi connectivity index (χ1v) is 8.64. The van der Waals surface area contributed by atoms with Gasteiger partial charge < -0.3 is 10.6 Å². The van der Waals surface area contributed by atoms with Crippen molar-refractivity contribution in [3.63, 3.8) is 0 Å². The van der Waals surface area contributed by atoms with Crippen molar-refractivity contribution in [3.8, 4) is 0 Å². The van der Waals surface area contributed by atoms with E-state index in [-0.39, 0.29) is 24.5 Å². The standard InChI is InChI=1S/C19H31N3O2/c1-12(2)15-7-9-16(10-8-15)18(13(3)4)20-11-17(23)22-19(24)21-14(5)6/h7-10,12-14,18,20H,11H2,1-6H3,(H2,21,22,23,24)/t18-/m0/s1. The zero-order valence-corrected chi connectivity index (χ0v) is 15.6. The predicted molar refractivity (Wildman–Crippen MR) is 97.9 cm³/mol. The van der Waals surface area contributed by atoms with Gasteiger partial charge in [-0.25, -0.2) is 4.79 Å². The van der Waals surface area contributed by atoms with Gasteiger partial charge in [-0.2, -0.15) is 0 Å². The van der Waals surface area contributed by atoms with Gasteiger partial charge in [0.1, 0.15) is 0 Å². The largest absolute Gasteiger partial charge is 0.336 e. The fourth-order valence-corrected chi connectivity index (χ4v) is 2.50. The molecule has 0 unspecified atom stereocenters. The molecular formula is C19H31N3O2. The van der Waals surface area contributed by atoms with E-state index in [9.17, 15) is 9.59 Å². The molecule has 0 radical (unpaired) electrons. The third kappa shape index (κ3) is 6.71. The summed E-state index contributed by atoms with van der Waals surface area (Å²) in [6.07, 6.45) is 0. The Morgan fingerprint density at radius 2 is 1.46 bits per heavy atom. The molecule has 0 aromatic heterocycles. The maximum absolute atomic E-state index is 11.9. The number of rotatable bonds is 7. The van der Waals surface area contributed by atoms with Crippen LogP contribution in [0.15, 0.2) is 24.3 Å². The topological polar surface area (TPSA) is 70.2 Å². The maximum atomic E-state index is 11.9. The van der Waals surface area contributed by atoms with Crippen LogP contribution < -0.4 is 16.0 Å². The van der Waals surface area contributed by atoms with Crippen LogP contribution in [0.2, 0.25) is 0 Å². The summed E-state index contributed by atoms with van der Waals surface area (Å²) in [7, 11) is 0. The Kier molecular flexibility index (Phi) is 7.92. The van der Waals surface area contributed by atoms with E-state index in [4.69, 9.17) is 0 Å². The van der Waals surface area contributed by atoms with E-state index in [1.165, 1.54) is 5.56 Å². The Labute approximate surface area is 145 Å². The first-order chi connectivity index (χ1) is 11.2. The van der Waals surface area contributed by atoms with E-state index in [0.29, 0.717) is 11.8 Å². The lowest BCUT2D eigenvalue weighted by Gasteiger charge is -2.23. The van der Waals surface area contributed by atoms with E-state index in [2.05, 4.69) is 67.9 Å². The van der Waals surface area contributed by atoms with Crippen molar-refractivity contribution >= 4 is 11.9 Å². The normalized spacial score (nSPS) is 12.5. The predicted octanol–water partition coefficient (Wildman–Crippen LogP) is 3.33. The fraction of sp³-hybridized carbons (Fsp3) is 0.579. The van der Waals surface area contributed by atoms with Gasteiger partial charge >= 0.3 is 6.03 Å². The van der Waals surface area contributed by atoms with Gasteiger partial charge in [0.2, 0.25) is 5.91 Å².